The van der Waals surface area contributed by atoms with E-state index in [4.69, 9.17) is 16.1 Å². The molecule has 92 valence electrons. The molecule has 3 aromatic heterocycles. The molecule has 3 heterocycles. The van der Waals surface area contributed by atoms with Gasteiger partial charge in [-0.3, -0.25) is 4.98 Å². The molecule has 0 aliphatic heterocycles. The molecule has 3 aromatic rings. The summed E-state index contributed by atoms with van der Waals surface area (Å²) >= 11 is 5.81. The Hall–Kier alpha value is -1.88. The highest BCUT2D eigenvalue weighted by atomic mass is 35.5. The fourth-order valence-corrected chi connectivity index (χ4v) is 2.13. The number of pyridine rings is 1. The lowest BCUT2D eigenvalue weighted by Gasteiger charge is -2.05. The van der Waals surface area contributed by atoms with Gasteiger partial charge in [-0.15, -0.1) is 11.6 Å². The maximum atomic E-state index is 5.81. The molecule has 0 saturated heterocycles. The third-order valence-electron chi connectivity index (χ3n) is 2.76. The van der Waals surface area contributed by atoms with Crippen LogP contribution in [0.3, 0.4) is 0 Å². The van der Waals surface area contributed by atoms with Crippen molar-refractivity contribution in [2.75, 3.05) is 5.88 Å². The third kappa shape index (κ3) is 1.97. The lowest BCUT2D eigenvalue weighted by molar-refractivity contribution is 0.409. The highest BCUT2D eigenvalue weighted by Gasteiger charge is 2.11. The van der Waals surface area contributed by atoms with E-state index in [0.29, 0.717) is 18.8 Å². The van der Waals surface area contributed by atoms with Crippen LogP contribution in [0, 0.1) is 0 Å². The number of rotatable bonds is 4. The van der Waals surface area contributed by atoms with Crippen LogP contribution in [0.1, 0.15) is 11.5 Å². The first-order valence-electron chi connectivity index (χ1n) is 5.63. The van der Waals surface area contributed by atoms with E-state index in [0.717, 1.165) is 22.6 Å². The predicted octanol–water partition coefficient (Wildman–Crippen LogP) is 2.25. The molecular formula is C12H11ClN4O. The summed E-state index contributed by atoms with van der Waals surface area (Å²) in [5.74, 6) is 1.48. The summed E-state index contributed by atoms with van der Waals surface area (Å²) in [5, 5.41) is 3.93. The maximum absolute atomic E-state index is 5.81. The molecule has 0 spiro atoms. The molecular weight excluding hydrogens is 252 g/mol. The summed E-state index contributed by atoms with van der Waals surface area (Å²) in [7, 11) is 0. The molecule has 0 amide bonds. The first-order chi connectivity index (χ1) is 8.88. The normalized spacial score (nSPS) is 11.2. The molecule has 0 saturated carbocycles. The molecule has 0 fully saturated rings. The van der Waals surface area contributed by atoms with Crippen LogP contribution >= 0.6 is 11.6 Å². The zero-order valence-electron chi connectivity index (χ0n) is 9.58. The van der Waals surface area contributed by atoms with Gasteiger partial charge in [0, 0.05) is 24.6 Å². The largest absolute Gasteiger partial charge is 0.364 e. The predicted molar refractivity (Wildman–Crippen MR) is 67.6 cm³/mol. The Bertz CT molecular complexity index is 647. The first-order valence-corrected chi connectivity index (χ1v) is 6.16. The molecule has 0 aliphatic rings. The number of alkyl halides is 1. The fourth-order valence-electron chi connectivity index (χ4n) is 1.96. The second kappa shape index (κ2) is 4.78. The number of imidazole rings is 1. The van der Waals surface area contributed by atoms with Gasteiger partial charge in [0.2, 0.25) is 0 Å². The molecule has 0 aliphatic carbocycles. The number of hydrogen-bond acceptors (Lipinski definition) is 4. The molecule has 0 atom stereocenters. The van der Waals surface area contributed by atoms with Gasteiger partial charge >= 0.3 is 0 Å². The summed E-state index contributed by atoms with van der Waals surface area (Å²) < 4.78 is 6.95. The van der Waals surface area contributed by atoms with Crippen molar-refractivity contribution in [3.8, 4) is 0 Å². The van der Waals surface area contributed by atoms with E-state index in [1.807, 2.05) is 12.1 Å². The zero-order chi connectivity index (χ0) is 12.4. The molecule has 6 heteroatoms. The van der Waals surface area contributed by atoms with Crippen molar-refractivity contribution in [1.82, 2.24) is 19.7 Å². The van der Waals surface area contributed by atoms with Gasteiger partial charge in [-0.2, -0.15) is 0 Å². The van der Waals surface area contributed by atoms with Crippen LogP contribution < -0.4 is 0 Å². The van der Waals surface area contributed by atoms with Crippen molar-refractivity contribution in [1.29, 1.82) is 0 Å². The molecule has 18 heavy (non-hydrogen) atoms. The highest BCUT2D eigenvalue weighted by molar-refractivity contribution is 6.17. The van der Waals surface area contributed by atoms with Gasteiger partial charge in [0.25, 0.3) is 0 Å². The molecule has 5 nitrogen and oxygen atoms in total. The van der Waals surface area contributed by atoms with E-state index < -0.39 is 0 Å². The lowest BCUT2D eigenvalue weighted by atomic mass is 10.3. The summed E-state index contributed by atoms with van der Waals surface area (Å²) in [5.41, 5.74) is 2.77. The van der Waals surface area contributed by atoms with Crippen molar-refractivity contribution < 1.29 is 4.52 Å². The minimum Gasteiger partial charge on any atom is -0.364 e. The fraction of sp³-hybridized carbons (Fsp3) is 0.250. The average molecular weight is 263 g/mol. The highest BCUT2D eigenvalue weighted by Crippen LogP contribution is 2.17. The van der Waals surface area contributed by atoms with E-state index in [2.05, 4.69) is 19.7 Å². The van der Waals surface area contributed by atoms with Gasteiger partial charge in [-0.25, -0.2) is 4.98 Å². The Morgan fingerprint density at radius 2 is 2.28 bits per heavy atom. The van der Waals surface area contributed by atoms with Gasteiger partial charge in [-0.05, 0) is 6.07 Å². The summed E-state index contributed by atoms with van der Waals surface area (Å²) in [6, 6.07) is 3.79. The second-order valence-electron chi connectivity index (χ2n) is 3.91. The average Bonchev–Trinajstić information content (AvgIpc) is 3.00. The van der Waals surface area contributed by atoms with Crippen LogP contribution in [0.2, 0.25) is 0 Å². The number of aryl methyl sites for hydroxylation is 1. The standard InChI is InChI=1S/C12H11ClN4O/c13-4-1-12-15-10-7-14-5-2-11(10)17(12)8-9-3-6-18-16-9/h2-3,5-7H,1,4,8H2. The van der Waals surface area contributed by atoms with Gasteiger partial charge in [0.1, 0.15) is 23.3 Å². The van der Waals surface area contributed by atoms with Crippen molar-refractivity contribution in [3.05, 3.63) is 42.3 Å². The molecule has 0 aromatic carbocycles. The van der Waals surface area contributed by atoms with E-state index in [9.17, 15) is 0 Å². The van der Waals surface area contributed by atoms with Gasteiger partial charge in [0.15, 0.2) is 0 Å². The molecule has 0 N–H and O–H groups in total. The van der Waals surface area contributed by atoms with Gasteiger partial charge in [-0.1, -0.05) is 5.16 Å². The number of nitrogens with zero attached hydrogens (tertiary/aromatic N) is 4. The Labute approximate surface area is 108 Å². The van der Waals surface area contributed by atoms with Crippen LogP contribution in [0.5, 0.6) is 0 Å². The first kappa shape index (κ1) is 11.2. The van der Waals surface area contributed by atoms with Crippen molar-refractivity contribution in [2.24, 2.45) is 0 Å². The van der Waals surface area contributed by atoms with Crippen LogP contribution in [0.15, 0.2) is 35.3 Å². The number of hydrogen-bond donors (Lipinski definition) is 0. The van der Waals surface area contributed by atoms with Crippen molar-refractivity contribution in [2.45, 2.75) is 13.0 Å². The number of fused-ring (bicyclic) bond motifs is 1. The minimum atomic E-state index is 0.537. The number of aromatic nitrogens is 4. The quantitative estimate of drug-likeness (QED) is 0.677. The number of halogens is 1. The molecule has 3 rings (SSSR count). The van der Waals surface area contributed by atoms with E-state index >= 15 is 0 Å². The summed E-state index contributed by atoms with van der Waals surface area (Å²) in [4.78, 5) is 8.62. The molecule has 0 unspecified atom stereocenters. The van der Waals surface area contributed by atoms with Crippen LogP contribution in [-0.2, 0) is 13.0 Å². The van der Waals surface area contributed by atoms with Crippen molar-refractivity contribution in [3.63, 3.8) is 0 Å². The summed E-state index contributed by atoms with van der Waals surface area (Å²) in [6.07, 6.45) is 5.80. The Morgan fingerprint density at radius 3 is 3.06 bits per heavy atom. The maximum Gasteiger partial charge on any atom is 0.124 e. The minimum absolute atomic E-state index is 0.537. The zero-order valence-corrected chi connectivity index (χ0v) is 10.3. The van der Waals surface area contributed by atoms with E-state index in [-0.39, 0.29) is 0 Å². The molecule has 0 bridgehead atoms. The van der Waals surface area contributed by atoms with Gasteiger partial charge in [0.05, 0.1) is 18.3 Å². The lowest BCUT2D eigenvalue weighted by Crippen LogP contribution is -2.06. The second-order valence-corrected chi connectivity index (χ2v) is 4.29. The SMILES string of the molecule is ClCCc1nc2cnccc2n1Cc1ccon1. The van der Waals surface area contributed by atoms with Crippen molar-refractivity contribution >= 4 is 22.6 Å². The van der Waals surface area contributed by atoms with Gasteiger partial charge < -0.3 is 9.09 Å². The van der Waals surface area contributed by atoms with Crippen LogP contribution in [-0.4, -0.2) is 25.6 Å². The van der Waals surface area contributed by atoms with E-state index in [1.165, 1.54) is 0 Å². The smallest absolute Gasteiger partial charge is 0.124 e. The van der Waals surface area contributed by atoms with E-state index in [1.54, 1.807) is 18.7 Å². The topological polar surface area (TPSA) is 56.7 Å². The monoisotopic (exact) mass is 262 g/mol. The Morgan fingerprint density at radius 1 is 1.33 bits per heavy atom. The third-order valence-corrected chi connectivity index (χ3v) is 2.95. The van der Waals surface area contributed by atoms with Crippen LogP contribution in [0.25, 0.3) is 11.0 Å². The Balaban J connectivity index is 2.09. The van der Waals surface area contributed by atoms with Crippen LogP contribution in [0.4, 0.5) is 0 Å². The summed E-state index contributed by atoms with van der Waals surface area (Å²) in [6.45, 7) is 0.628. The Kier molecular flexibility index (Phi) is 2.98. The molecule has 0 radical (unpaired) electrons.